The fraction of sp³-hybridized carbons (Fsp3) is 0.655. The van der Waals surface area contributed by atoms with Gasteiger partial charge in [0.05, 0.1) is 23.2 Å². The molecule has 2 aliphatic heterocycles. The van der Waals surface area contributed by atoms with E-state index in [1.165, 1.54) is 6.92 Å². The second-order valence-corrected chi connectivity index (χ2v) is 12.8. The first kappa shape index (κ1) is 26.6. The summed E-state index contributed by atoms with van der Waals surface area (Å²) in [6.45, 7) is 7.83. The smallest absolute Gasteiger partial charge is 0.338 e. The van der Waals surface area contributed by atoms with E-state index in [4.69, 9.17) is 18.9 Å². The molecular weight excluding hydrogens is 508 g/mol. The van der Waals surface area contributed by atoms with Gasteiger partial charge in [-0.05, 0) is 12.1 Å². The first-order valence-electron chi connectivity index (χ1n) is 13.4. The van der Waals surface area contributed by atoms with Gasteiger partial charge in [-0.25, -0.2) is 4.79 Å². The highest BCUT2D eigenvalue weighted by atomic mass is 16.7. The number of carbonyl (C=O) groups excluding carboxylic acids is 4. The number of carbonyl (C=O) groups is 4. The van der Waals surface area contributed by atoms with Crippen LogP contribution in [0, 0.1) is 28.1 Å². The van der Waals surface area contributed by atoms with Gasteiger partial charge in [-0.2, -0.15) is 0 Å². The SMILES string of the molecule is CC(=O)OC[C@]12OC(O)C[C@H]1O[C@H]1[C@H]2[C@]2(C)C(=O)C(=O)[C@@H]3C(C)(C)[C@@]1(OC(=O)c1ccccc1)C[C@H](O)[C@@]32C. The highest BCUT2D eigenvalue weighted by molar-refractivity contribution is 6.43. The Morgan fingerprint density at radius 1 is 1.08 bits per heavy atom. The van der Waals surface area contributed by atoms with Crippen LogP contribution in [0.4, 0.5) is 0 Å². The van der Waals surface area contributed by atoms with Crippen LogP contribution >= 0.6 is 0 Å². The summed E-state index contributed by atoms with van der Waals surface area (Å²) in [5.41, 5.74) is -6.80. The molecule has 10 atom stereocenters. The van der Waals surface area contributed by atoms with Crippen molar-refractivity contribution in [3.63, 3.8) is 0 Å². The number of esters is 2. The van der Waals surface area contributed by atoms with Crippen molar-refractivity contribution in [1.29, 1.82) is 0 Å². The van der Waals surface area contributed by atoms with Crippen molar-refractivity contribution in [3.8, 4) is 0 Å². The number of ketones is 2. The molecule has 4 saturated carbocycles. The lowest BCUT2D eigenvalue weighted by atomic mass is 9.48. The van der Waals surface area contributed by atoms with E-state index >= 15 is 0 Å². The van der Waals surface area contributed by atoms with Crippen LogP contribution in [0.15, 0.2) is 30.3 Å². The van der Waals surface area contributed by atoms with Gasteiger partial charge in [0, 0.05) is 42.4 Å². The van der Waals surface area contributed by atoms with Crippen LogP contribution in [0.2, 0.25) is 0 Å². The van der Waals surface area contributed by atoms with E-state index in [2.05, 4.69) is 0 Å². The zero-order valence-corrected chi connectivity index (χ0v) is 22.6. The summed E-state index contributed by atoms with van der Waals surface area (Å²) < 4.78 is 24.6. The van der Waals surface area contributed by atoms with Gasteiger partial charge < -0.3 is 29.2 Å². The summed E-state index contributed by atoms with van der Waals surface area (Å²) in [5, 5.41) is 22.4. The van der Waals surface area contributed by atoms with Crippen LogP contribution in [-0.4, -0.2) is 76.1 Å². The molecule has 2 N–H and O–H groups in total. The Hall–Kier alpha value is -2.66. The Morgan fingerprint density at radius 2 is 1.74 bits per heavy atom. The van der Waals surface area contributed by atoms with E-state index in [0.717, 1.165) is 0 Å². The molecule has 4 bridgehead atoms. The first-order chi connectivity index (χ1) is 18.2. The number of aliphatic hydroxyl groups is 2. The largest absolute Gasteiger partial charge is 0.463 e. The molecule has 39 heavy (non-hydrogen) atoms. The molecule has 0 amide bonds. The number of ether oxygens (including phenoxy) is 4. The fourth-order valence-corrected chi connectivity index (χ4v) is 9.13. The molecule has 0 aromatic heterocycles. The van der Waals surface area contributed by atoms with Gasteiger partial charge in [0.1, 0.15) is 23.9 Å². The molecule has 210 valence electrons. The minimum absolute atomic E-state index is 0.0261. The summed E-state index contributed by atoms with van der Waals surface area (Å²) in [6.07, 6.45) is -4.39. The quantitative estimate of drug-likeness (QED) is 0.425. The van der Waals surface area contributed by atoms with E-state index in [9.17, 15) is 29.4 Å². The van der Waals surface area contributed by atoms with Crippen molar-refractivity contribution >= 4 is 23.5 Å². The Kier molecular flexibility index (Phi) is 5.42. The summed E-state index contributed by atoms with van der Waals surface area (Å²) >= 11 is 0. The highest BCUT2D eigenvalue weighted by Crippen LogP contribution is 2.77. The molecule has 10 nitrogen and oxygen atoms in total. The van der Waals surface area contributed by atoms with E-state index in [1.54, 1.807) is 58.0 Å². The zero-order valence-electron chi connectivity index (χ0n) is 22.6. The molecule has 6 fully saturated rings. The average Bonchev–Trinajstić information content (AvgIpc) is 3.38. The third-order valence-electron chi connectivity index (χ3n) is 11.0. The van der Waals surface area contributed by atoms with E-state index in [1.807, 2.05) is 0 Å². The predicted molar refractivity (Wildman–Crippen MR) is 132 cm³/mol. The number of fused-ring (bicyclic) bond motifs is 2. The molecule has 2 heterocycles. The van der Waals surface area contributed by atoms with Crippen molar-refractivity contribution in [1.82, 2.24) is 0 Å². The van der Waals surface area contributed by atoms with Gasteiger partial charge in [-0.3, -0.25) is 14.4 Å². The zero-order chi connectivity index (χ0) is 28.3. The summed E-state index contributed by atoms with van der Waals surface area (Å²) in [7, 11) is 0. The third-order valence-corrected chi connectivity index (χ3v) is 11.0. The molecule has 2 saturated heterocycles. The topological polar surface area (TPSA) is 146 Å². The van der Waals surface area contributed by atoms with E-state index < -0.39 is 87.4 Å². The monoisotopic (exact) mass is 542 g/mol. The van der Waals surface area contributed by atoms with E-state index in [0.29, 0.717) is 0 Å². The number of hydrogen-bond acceptors (Lipinski definition) is 10. The maximum absolute atomic E-state index is 14.1. The number of hydrogen-bond donors (Lipinski definition) is 2. The maximum Gasteiger partial charge on any atom is 0.338 e. The average molecular weight is 543 g/mol. The van der Waals surface area contributed by atoms with Crippen LogP contribution < -0.4 is 0 Å². The molecule has 0 radical (unpaired) electrons. The maximum atomic E-state index is 14.1. The molecule has 1 aromatic carbocycles. The molecule has 1 aromatic rings. The predicted octanol–water partition coefficient (Wildman–Crippen LogP) is 1.59. The number of Topliss-reactive ketones (excluding diaryl/α,β-unsaturated/α-hetero) is 2. The lowest BCUT2D eigenvalue weighted by Gasteiger charge is -2.59. The van der Waals surface area contributed by atoms with Gasteiger partial charge in [-0.15, -0.1) is 0 Å². The summed E-state index contributed by atoms with van der Waals surface area (Å²) in [4.78, 5) is 53.6. The normalized spacial score (nSPS) is 46.9. The van der Waals surface area contributed by atoms with Crippen molar-refractivity contribution < 1.29 is 48.3 Å². The molecule has 10 heteroatoms. The number of benzene rings is 1. The van der Waals surface area contributed by atoms with Crippen molar-refractivity contribution in [2.75, 3.05) is 6.61 Å². The van der Waals surface area contributed by atoms with Gasteiger partial charge in [-0.1, -0.05) is 45.9 Å². The minimum atomic E-state index is -1.57. The van der Waals surface area contributed by atoms with Crippen molar-refractivity contribution in [2.24, 2.45) is 28.1 Å². The number of rotatable bonds is 4. The third kappa shape index (κ3) is 2.90. The second kappa shape index (κ2) is 7.96. The molecular formula is C29H34O10. The molecule has 0 spiro atoms. The second-order valence-electron chi connectivity index (χ2n) is 12.8. The Balaban J connectivity index is 1.62. The lowest BCUT2D eigenvalue weighted by molar-refractivity contribution is -0.236. The van der Waals surface area contributed by atoms with Crippen LogP contribution in [0.5, 0.6) is 0 Å². The minimum Gasteiger partial charge on any atom is -0.463 e. The van der Waals surface area contributed by atoms with Crippen LogP contribution in [0.3, 0.4) is 0 Å². The van der Waals surface area contributed by atoms with Gasteiger partial charge >= 0.3 is 11.9 Å². The molecule has 7 rings (SSSR count). The number of aliphatic hydroxyl groups excluding tert-OH is 2. The van der Waals surface area contributed by atoms with Crippen LogP contribution in [0.1, 0.15) is 57.8 Å². The summed E-state index contributed by atoms with van der Waals surface area (Å²) in [5.74, 6) is -4.57. The Morgan fingerprint density at radius 3 is 2.38 bits per heavy atom. The Bertz CT molecular complexity index is 1280. The van der Waals surface area contributed by atoms with Gasteiger partial charge in [0.2, 0.25) is 11.6 Å². The fourth-order valence-electron chi connectivity index (χ4n) is 9.13. The van der Waals surface area contributed by atoms with Crippen molar-refractivity contribution in [2.45, 2.75) is 83.3 Å². The van der Waals surface area contributed by atoms with Crippen molar-refractivity contribution in [3.05, 3.63) is 35.9 Å². The lowest BCUT2D eigenvalue weighted by Crippen LogP contribution is -2.68. The summed E-state index contributed by atoms with van der Waals surface area (Å²) in [6, 6.07) is 8.39. The van der Waals surface area contributed by atoms with Gasteiger partial charge in [0.15, 0.2) is 6.29 Å². The van der Waals surface area contributed by atoms with Gasteiger partial charge in [0.25, 0.3) is 0 Å². The highest BCUT2D eigenvalue weighted by Gasteiger charge is 2.89. The molecule has 6 aliphatic rings. The molecule has 4 aliphatic carbocycles. The van der Waals surface area contributed by atoms with E-state index in [-0.39, 0.29) is 25.0 Å². The molecule has 1 unspecified atom stereocenters. The standard InChI is InChI=1S/C29H34O10/c1-14(30)36-13-28-17(11-18(32)38-28)37-23-21(28)27(5)22(34)19(33)20-25(2,3)29(23,12-16(31)26(20,27)4)39-24(35)15-9-7-6-8-10-15/h6-10,16-18,20-21,23,31-32H,11-13H2,1-5H3/t16-,17+,18?,20+,21-,23-,26-,27+,28-,29+/m0/s1. The first-order valence-corrected chi connectivity index (χ1v) is 13.4. The Labute approximate surface area is 225 Å². The van der Waals surface area contributed by atoms with Crippen LogP contribution in [-0.2, 0) is 33.3 Å². The van der Waals surface area contributed by atoms with Crippen LogP contribution in [0.25, 0.3) is 0 Å².